The van der Waals surface area contributed by atoms with Crippen molar-refractivity contribution in [3.05, 3.63) is 50.7 Å². The van der Waals surface area contributed by atoms with Gasteiger partial charge in [0.05, 0.1) is 24.5 Å². The molecule has 5 nitrogen and oxygen atoms in total. The summed E-state index contributed by atoms with van der Waals surface area (Å²) in [6.45, 7) is 8.47. The number of pyridine rings is 1. The van der Waals surface area contributed by atoms with E-state index in [1.807, 2.05) is 27.7 Å². The van der Waals surface area contributed by atoms with E-state index >= 15 is 0 Å². The van der Waals surface area contributed by atoms with E-state index in [0.29, 0.717) is 22.0 Å². The van der Waals surface area contributed by atoms with Crippen molar-refractivity contribution < 1.29 is 17.9 Å². The minimum atomic E-state index is -4.51. The molecule has 2 aromatic heterocycles. The van der Waals surface area contributed by atoms with Gasteiger partial charge in [0.1, 0.15) is 5.69 Å². The molecule has 1 N–H and O–H groups in total. The number of ether oxygens (including phenoxy) is 1. The first-order valence-electron chi connectivity index (χ1n) is 9.81. The Balaban J connectivity index is 0.000000707. The molecule has 0 radical (unpaired) electrons. The second-order valence-electron chi connectivity index (χ2n) is 6.08. The zero-order chi connectivity index (χ0) is 21.6. The molecule has 2 aromatic rings. The molecule has 1 saturated carbocycles. The third-order valence-corrected chi connectivity index (χ3v) is 5.20. The average Bonchev–Trinajstić information content (AvgIpc) is 3.45. The van der Waals surface area contributed by atoms with Gasteiger partial charge in [0.25, 0.3) is 5.56 Å². The zero-order valence-corrected chi connectivity index (χ0v) is 17.8. The highest BCUT2D eigenvalue weighted by molar-refractivity contribution is 7.98. The second kappa shape index (κ2) is 10.2. The lowest BCUT2D eigenvalue weighted by molar-refractivity contribution is -0.141. The summed E-state index contributed by atoms with van der Waals surface area (Å²) in [7, 11) is 0. The summed E-state index contributed by atoms with van der Waals surface area (Å²) in [4.78, 5) is 22.4. The van der Waals surface area contributed by atoms with Crippen LogP contribution < -0.4 is 5.56 Å². The Morgan fingerprint density at radius 3 is 2.52 bits per heavy atom. The molecule has 160 valence electrons. The van der Waals surface area contributed by atoms with Gasteiger partial charge >= 0.3 is 6.18 Å². The van der Waals surface area contributed by atoms with Crippen LogP contribution in [0.25, 0.3) is 0 Å². The molecule has 9 heteroatoms. The van der Waals surface area contributed by atoms with Gasteiger partial charge in [-0.3, -0.25) is 9.78 Å². The lowest BCUT2D eigenvalue weighted by Crippen LogP contribution is -2.16. The molecule has 1 fully saturated rings. The van der Waals surface area contributed by atoms with Crippen LogP contribution in [0.3, 0.4) is 0 Å². The van der Waals surface area contributed by atoms with Gasteiger partial charge in [-0.15, -0.1) is 0 Å². The summed E-state index contributed by atoms with van der Waals surface area (Å²) in [6.07, 6.45) is -1.50. The fourth-order valence-electron chi connectivity index (χ4n) is 2.93. The first-order valence-corrected chi connectivity index (χ1v) is 10.8. The van der Waals surface area contributed by atoms with Crippen molar-refractivity contribution in [1.82, 2.24) is 15.0 Å². The van der Waals surface area contributed by atoms with Crippen molar-refractivity contribution >= 4 is 11.8 Å². The fraction of sp³-hybridized carbons (Fsp3) is 0.550. The molecule has 3 heterocycles. The van der Waals surface area contributed by atoms with Gasteiger partial charge in [-0.25, -0.2) is 4.98 Å². The van der Waals surface area contributed by atoms with E-state index in [2.05, 4.69) is 15.0 Å². The maximum atomic E-state index is 13.3. The van der Waals surface area contributed by atoms with E-state index in [0.717, 1.165) is 24.6 Å². The van der Waals surface area contributed by atoms with Gasteiger partial charge in [0, 0.05) is 11.9 Å². The van der Waals surface area contributed by atoms with Crippen LogP contribution in [0.1, 0.15) is 74.5 Å². The summed E-state index contributed by atoms with van der Waals surface area (Å²) in [5.41, 5.74) is 0.769. The Morgan fingerprint density at radius 2 is 1.90 bits per heavy atom. The lowest BCUT2D eigenvalue weighted by atomic mass is 10.0. The van der Waals surface area contributed by atoms with E-state index < -0.39 is 11.9 Å². The maximum Gasteiger partial charge on any atom is 0.433 e. The summed E-state index contributed by atoms with van der Waals surface area (Å²) in [6, 6.07) is 1.66. The Morgan fingerprint density at radius 1 is 1.21 bits per heavy atom. The molecule has 0 amide bonds. The van der Waals surface area contributed by atoms with Crippen LogP contribution in [-0.2, 0) is 29.9 Å². The van der Waals surface area contributed by atoms with Crippen LogP contribution in [0, 0.1) is 0 Å². The molecule has 0 unspecified atom stereocenters. The molecule has 2 aliphatic rings. The van der Waals surface area contributed by atoms with Gasteiger partial charge in [-0.05, 0) is 36.0 Å². The molecular formula is C20H26F3N3O2S. The minimum absolute atomic E-state index is 0.0527. The third kappa shape index (κ3) is 5.60. The Bertz CT molecular complexity index is 880. The van der Waals surface area contributed by atoms with Crippen molar-refractivity contribution in [2.24, 2.45) is 0 Å². The number of H-pyrrole nitrogens is 1. The molecule has 1 aliphatic carbocycles. The fourth-order valence-corrected chi connectivity index (χ4v) is 3.85. The van der Waals surface area contributed by atoms with Crippen molar-refractivity contribution in [3.63, 3.8) is 0 Å². The van der Waals surface area contributed by atoms with Crippen LogP contribution in [0.15, 0.2) is 22.2 Å². The van der Waals surface area contributed by atoms with Gasteiger partial charge < -0.3 is 9.72 Å². The predicted octanol–water partition coefficient (Wildman–Crippen LogP) is 5.44. The van der Waals surface area contributed by atoms with Crippen LogP contribution >= 0.6 is 11.8 Å². The summed E-state index contributed by atoms with van der Waals surface area (Å²) < 4.78 is 45.1. The van der Waals surface area contributed by atoms with Crippen molar-refractivity contribution in [1.29, 1.82) is 0 Å². The minimum Gasteiger partial charge on any atom is -0.370 e. The van der Waals surface area contributed by atoms with Crippen LogP contribution in [0.5, 0.6) is 0 Å². The number of hydrogen-bond acceptors (Lipinski definition) is 5. The highest BCUT2D eigenvalue weighted by atomic mass is 32.2. The van der Waals surface area contributed by atoms with Gasteiger partial charge in [0.15, 0.2) is 5.16 Å². The van der Waals surface area contributed by atoms with Crippen molar-refractivity contribution in [2.75, 3.05) is 0 Å². The normalized spacial score (nSPS) is 15.0. The summed E-state index contributed by atoms with van der Waals surface area (Å²) >= 11 is 1.08. The number of hydrogen-bond donors (Lipinski definition) is 1. The number of alkyl halides is 3. The number of nitrogens with one attached hydrogen (secondary N) is 1. The number of fused-ring (bicyclic) bond motifs is 1. The Hall–Kier alpha value is -1.87. The maximum absolute atomic E-state index is 13.3. The van der Waals surface area contributed by atoms with Crippen LogP contribution in [0.2, 0.25) is 0 Å². The first kappa shape index (κ1) is 23.4. The number of rotatable bonds is 4. The van der Waals surface area contributed by atoms with Crippen LogP contribution in [0.4, 0.5) is 13.2 Å². The quantitative estimate of drug-likeness (QED) is 0.518. The summed E-state index contributed by atoms with van der Waals surface area (Å²) in [5.74, 6) is 0.219. The van der Waals surface area contributed by atoms with E-state index in [1.54, 1.807) is 6.07 Å². The highest BCUT2D eigenvalue weighted by Crippen LogP contribution is 2.45. The van der Waals surface area contributed by atoms with Gasteiger partial charge in [-0.1, -0.05) is 39.5 Å². The Labute approximate surface area is 172 Å². The number of nitrogens with zero attached hydrogens (tertiary/aromatic N) is 2. The summed E-state index contributed by atoms with van der Waals surface area (Å²) in [5, 5.41) is 0.299. The number of halogens is 3. The van der Waals surface area contributed by atoms with E-state index in [9.17, 15) is 18.0 Å². The predicted molar refractivity (Wildman–Crippen MR) is 107 cm³/mol. The van der Waals surface area contributed by atoms with Crippen LogP contribution in [-0.4, -0.2) is 15.0 Å². The molecule has 29 heavy (non-hydrogen) atoms. The van der Waals surface area contributed by atoms with E-state index in [4.69, 9.17) is 4.74 Å². The molecule has 4 rings (SSSR count). The molecule has 0 spiro atoms. The van der Waals surface area contributed by atoms with Crippen molar-refractivity contribution in [3.8, 4) is 0 Å². The monoisotopic (exact) mass is 429 g/mol. The Kier molecular flexibility index (Phi) is 8.27. The topological polar surface area (TPSA) is 67.9 Å². The van der Waals surface area contributed by atoms with Gasteiger partial charge in [-0.2, -0.15) is 13.2 Å². The molecule has 1 aliphatic heterocycles. The molecule has 0 aromatic carbocycles. The van der Waals surface area contributed by atoms with Crippen molar-refractivity contribution in [2.45, 2.75) is 76.8 Å². The molecular weight excluding hydrogens is 403 g/mol. The highest BCUT2D eigenvalue weighted by Gasteiger charge is 2.38. The third-order valence-electron chi connectivity index (χ3n) is 4.30. The molecule has 0 saturated heterocycles. The molecule has 0 bridgehead atoms. The largest absolute Gasteiger partial charge is 0.433 e. The number of aromatic amines is 1. The number of thioether (sulfide) groups is 1. The molecule has 0 atom stereocenters. The second-order valence-corrected chi connectivity index (χ2v) is 7.04. The van der Waals surface area contributed by atoms with E-state index in [1.165, 1.54) is 6.20 Å². The first-order chi connectivity index (χ1) is 13.9. The standard InChI is InChI=1S/C16H14F3N3O2S.2C2H6/c17-16(18,19)13-11(9(3-4-20-13)8-1-2-8)7-25-15-21-12-6-24-5-10(12)14(23)22-15;2*1-2/h3-4,8H,1-2,5-7H2,(H,21,22,23);2*1-2H3. The zero-order valence-electron chi connectivity index (χ0n) is 17.0. The van der Waals surface area contributed by atoms with E-state index in [-0.39, 0.29) is 36.0 Å². The van der Waals surface area contributed by atoms with Gasteiger partial charge in [0.2, 0.25) is 0 Å². The lowest BCUT2D eigenvalue weighted by Gasteiger charge is -2.15. The smallest absolute Gasteiger partial charge is 0.370 e. The SMILES string of the molecule is CC.CC.O=c1[nH]c(SCc2c(C3CC3)ccnc2C(F)(F)F)nc2c1COC2. The number of aromatic nitrogens is 3. The average molecular weight is 430 g/mol.